The molecular formula is C25H19ClF5N3O4. The summed E-state index contributed by atoms with van der Waals surface area (Å²) in [6.45, 7) is 1.42. The third-order valence-electron chi connectivity index (χ3n) is 7.11. The number of ether oxygens (including phenoxy) is 3. The first kappa shape index (κ1) is 24.9. The van der Waals surface area contributed by atoms with E-state index < -0.39 is 45.6 Å². The molecule has 2 fully saturated rings. The zero-order valence-corrected chi connectivity index (χ0v) is 20.3. The van der Waals surface area contributed by atoms with E-state index in [9.17, 15) is 26.7 Å². The molecule has 13 heteroatoms. The number of rotatable bonds is 5. The highest BCUT2D eigenvalue weighted by Gasteiger charge is 2.54. The van der Waals surface area contributed by atoms with Gasteiger partial charge in [-0.25, -0.2) is 13.6 Å². The normalized spacial score (nSPS) is 21.8. The number of halogens is 6. The summed E-state index contributed by atoms with van der Waals surface area (Å²) in [6, 6.07) is 6.03. The third kappa shape index (κ3) is 4.25. The maximum absolute atomic E-state index is 14.7. The Bertz CT molecular complexity index is 1470. The third-order valence-corrected chi connectivity index (χ3v) is 7.43. The number of hydrogen-bond donors (Lipinski definition) is 0. The summed E-state index contributed by atoms with van der Waals surface area (Å²) in [5.74, 6) is -2.96. The summed E-state index contributed by atoms with van der Waals surface area (Å²) < 4.78 is 86.7. The fraction of sp³-hybridized carbons (Fsp3) is 0.360. The number of alkyl halides is 3. The molecule has 1 aromatic heterocycles. The van der Waals surface area contributed by atoms with Crippen molar-refractivity contribution in [2.75, 3.05) is 18.1 Å². The lowest BCUT2D eigenvalue weighted by atomic mass is 9.92. The van der Waals surface area contributed by atoms with Gasteiger partial charge in [-0.1, -0.05) is 11.6 Å². The van der Waals surface area contributed by atoms with E-state index in [4.69, 9.17) is 25.8 Å². The van der Waals surface area contributed by atoms with Crippen LogP contribution in [0.4, 0.5) is 27.8 Å². The summed E-state index contributed by atoms with van der Waals surface area (Å²) >= 11 is 5.57. The highest BCUT2D eigenvalue weighted by molar-refractivity contribution is 6.31. The summed E-state index contributed by atoms with van der Waals surface area (Å²) in [5.41, 5.74) is -1.78. The van der Waals surface area contributed by atoms with Crippen molar-refractivity contribution in [2.24, 2.45) is 0 Å². The molecule has 38 heavy (non-hydrogen) atoms. The van der Waals surface area contributed by atoms with Crippen molar-refractivity contribution < 1.29 is 36.2 Å². The Morgan fingerprint density at radius 2 is 1.92 bits per heavy atom. The monoisotopic (exact) mass is 555 g/mol. The maximum Gasteiger partial charge on any atom is 0.417 e. The molecule has 0 aliphatic carbocycles. The molecule has 4 heterocycles. The molecule has 0 unspecified atom stereocenters. The van der Waals surface area contributed by atoms with Gasteiger partial charge in [0.1, 0.15) is 18.2 Å². The minimum absolute atomic E-state index is 0.00368. The molecule has 7 nitrogen and oxygen atoms in total. The minimum Gasteiger partial charge on any atom is -0.473 e. The van der Waals surface area contributed by atoms with Crippen molar-refractivity contribution in [1.29, 1.82) is 0 Å². The highest BCUT2D eigenvalue weighted by Crippen LogP contribution is 2.46. The second-order valence-electron chi connectivity index (χ2n) is 9.53. The van der Waals surface area contributed by atoms with Crippen molar-refractivity contribution in [2.45, 2.75) is 43.8 Å². The molecule has 3 aliphatic rings. The summed E-state index contributed by atoms with van der Waals surface area (Å²) in [4.78, 5) is 18.7. The smallest absolute Gasteiger partial charge is 0.417 e. The average molecular weight is 556 g/mol. The lowest BCUT2D eigenvalue weighted by Gasteiger charge is -2.44. The van der Waals surface area contributed by atoms with Gasteiger partial charge in [0.2, 0.25) is 5.88 Å². The first-order valence-electron chi connectivity index (χ1n) is 11.7. The highest BCUT2D eigenvalue weighted by atomic mass is 35.5. The number of benzene rings is 2. The van der Waals surface area contributed by atoms with E-state index in [1.165, 1.54) is 0 Å². The van der Waals surface area contributed by atoms with Crippen LogP contribution in [0.15, 0.2) is 41.2 Å². The number of nitrogens with zero attached hydrogens (tertiary/aromatic N) is 3. The summed E-state index contributed by atoms with van der Waals surface area (Å²) in [7, 11) is 0. The lowest BCUT2D eigenvalue weighted by molar-refractivity contribution is -0.137. The fourth-order valence-electron chi connectivity index (χ4n) is 5.32. The molecule has 2 bridgehead atoms. The lowest BCUT2D eigenvalue weighted by Crippen LogP contribution is -2.54. The van der Waals surface area contributed by atoms with Gasteiger partial charge in [-0.2, -0.15) is 18.2 Å². The van der Waals surface area contributed by atoms with Gasteiger partial charge in [-0.15, -0.1) is 0 Å². The van der Waals surface area contributed by atoms with E-state index in [1.807, 2.05) is 0 Å². The van der Waals surface area contributed by atoms with Crippen LogP contribution in [-0.2, 0) is 24.1 Å². The predicted molar refractivity (Wildman–Crippen MR) is 125 cm³/mol. The second kappa shape index (κ2) is 8.84. The van der Waals surface area contributed by atoms with Crippen molar-refractivity contribution in [1.82, 2.24) is 9.55 Å². The Morgan fingerprint density at radius 3 is 2.63 bits per heavy atom. The van der Waals surface area contributed by atoms with Crippen LogP contribution in [0.2, 0.25) is 5.02 Å². The first-order valence-corrected chi connectivity index (χ1v) is 12.1. The van der Waals surface area contributed by atoms with Gasteiger partial charge in [0.25, 0.3) is 0 Å². The molecule has 2 atom stereocenters. The molecule has 200 valence electrons. The quantitative estimate of drug-likeness (QED) is 0.397. The molecule has 2 saturated heterocycles. The maximum atomic E-state index is 14.7. The molecule has 2 aromatic carbocycles. The molecule has 3 aliphatic heterocycles. The van der Waals surface area contributed by atoms with Crippen molar-refractivity contribution in [3.8, 4) is 17.4 Å². The van der Waals surface area contributed by atoms with Gasteiger partial charge >= 0.3 is 11.9 Å². The number of hydrogen-bond acceptors (Lipinski definition) is 6. The van der Waals surface area contributed by atoms with Crippen LogP contribution in [0.3, 0.4) is 0 Å². The van der Waals surface area contributed by atoms with E-state index in [2.05, 4.69) is 9.88 Å². The average Bonchev–Trinajstić information content (AvgIpc) is 3.43. The Morgan fingerprint density at radius 1 is 1.16 bits per heavy atom. The Kier molecular flexibility index (Phi) is 5.80. The molecule has 0 amide bonds. The fourth-order valence-corrected chi connectivity index (χ4v) is 5.54. The van der Waals surface area contributed by atoms with Gasteiger partial charge in [0, 0.05) is 25.6 Å². The van der Waals surface area contributed by atoms with E-state index in [0.29, 0.717) is 31.6 Å². The van der Waals surface area contributed by atoms with Gasteiger partial charge in [0.15, 0.2) is 17.4 Å². The van der Waals surface area contributed by atoms with E-state index in [-0.39, 0.29) is 29.7 Å². The molecule has 0 saturated carbocycles. The second-order valence-corrected chi connectivity index (χ2v) is 9.93. The largest absolute Gasteiger partial charge is 0.473 e. The SMILES string of the molecule is O=c1nc(OCc2cc(F)c(Oc3ccc(Cl)c(C(F)(F)F)c3)c(F)c2)cc2n1CC[C@]13CO[C@H](CN21)C3. The van der Waals surface area contributed by atoms with Crippen LogP contribution >= 0.6 is 11.6 Å². The number of anilines is 1. The molecule has 6 rings (SSSR count). The molecule has 0 radical (unpaired) electrons. The van der Waals surface area contributed by atoms with E-state index in [0.717, 1.165) is 37.1 Å². The van der Waals surface area contributed by atoms with Crippen LogP contribution in [0.5, 0.6) is 17.4 Å². The number of morpholine rings is 1. The van der Waals surface area contributed by atoms with Gasteiger partial charge in [-0.05, 0) is 42.3 Å². The molecule has 1 spiro atoms. The van der Waals surface area contributed by atoms with Gasteiger partial charge < -0.3 is 19.1 Å². The van der Waals surface area contributed by atoms with Gasteiger partial charge in [0.05, 0.1) is 28.8 Å². The molecule has 0 N–H and O–H groups in total. The Hall–Kier alpha value is -3.38. The zero-order valence-electron chi connectivity index (χ0n) is 19.5. The first-order chi connectivity index (χ1) is 18.0. The standard InChI is InChI=1S/C25H19ClF5N3O4/c26-17-2-1-14(7-16(17)25(29,30)31)38-22-18(27)5-13(6-19(22)28)11-36-20-8-21-33(23(35)32-20)4-3-24-9-15(37-12-24)10-34(21)24/h1-2,5-8,15H,3-4,9-12H2/t15-,24-/m0/s1. The number of aromatic nitrogens is 2. The van der Waals surface area contributed by atoms with Crippen molar-refractivity contribution in [3.05, 3.63) is 74.7 Å². The summed E-state index contributed by atoms with van der Waals surface area (Å²) in [6.07, 6.45) is -3.00. The Balaban J connectivity index is 1.20. The number of fused-ring (bicyclic) bond motifs is 3. The van der Waals surface area contributed by atoms with Crippen LogP contribution in [0, 0.1) is 11.6 Å². The Labute approximate surface area is 217 Å². The molecule has 3 aromatic rings. The molecular weight excluding hydrogens is 537 g/mol. The summed E-state index contributed by atoms with van der Waals surface area (Å²) in [5, 5.41) is -0.575. The van der Waals surface area contributed by atoms with Crippen LogP contribution < -0.4 is 20.1 Å². The predicted octanol–water partition coefficient (Wildman–Crippen LogP) is 5.32. The van der Waals surface area contributed by atoms with Crippen molar-refractivity contribution in [3.63, 3.8) is 0 Å². The van der Waals surface area contributed by atoms with Crippen LogP contribution in [-0.4, -0.2) is 34.3 Å². The van der Waals surface area contributed by atoms with Crippen LogP contribution in [0.25, 0.3) is 0 Å². The zero-order chi connectivity index (χ0) is 26.8. The minimum atomic E-state index is -4.77. The van der Waals surface area contributed by atoms with E-state index >= 15 is 0 Å². The van der Waals surface area contributed by atoms with Crippen LogP contribution in [0.1, 0.15) is 24.0 Å². The topological polar surface area (TPSA) is 65.8 Å². The van der Waals surface area contributed by atoms with E-state index in [1.54, 1.807) is 10.6 Å². The van der Waals surface area contributed by atoms with Gasteiger partial charge in [-0.3, -0.25) is 4.57 Å². The van der Waals surface area contributed by atoms with Crippen molar-refractivity contribution >= 4 is 17.4 Å².